The molecule has 2 rings (SSSR count). The lowest BCUT2D eigenvalue weighted by molar-refractivity contribution is -0.158. The molecule has 0 saturated heterocycles. The highest BCUT2D eigenvalue weighted by Crippen LogP contribution is 2.11. The Morgan fingerprint density at radius 1 is 0.975 bits per heavy atom. The number of aromatic nitrogens is 3. The average molecular weight is 567 g/mol. The van der Waals surface area contributed by atoms with Crippen LogP contribution in [-0.4, -0.2) is 95.7 Å². The van der Waals surface area contributed by atoms with E-state index in [1.165, 1.54) is 4.68 Å². The second-order valence-corrected chi connectivity index (χ2v) is 8.72. The normalized spacial score (nSPS) is 12.2. The molecule has 2 atom stereocenters. The van der Waals surface area contributed by atoms with Gasteiger partial charge in [-0.25, -0.2) is 19.1 Å². The topological polar surface area (TPSA) is 224 Å². The minimum atomic E-state index is -1.88. The molecule has 0 aliphatic carbocycles. The number of amides is 3. The standard InChI is InChI=1S/C24H31FN6O9/c25-12-3-4-16-14-30(29-28-16)17-8-6-15(7-9-17)21(34)26-13-2-1-5-18(22(35)36)27-24(39)31(40)19(23(37)38)10-11-20(32)33/h6-9,14,18-19,40H,1-5,10-13H2,(H,26,34)(H,27,39)(H,32,33)(H,35,36)(H,37,38)/t18-,19?/m0/s1. The van der Waals surface area contributed by atoms with Gasteiger partial charge in [-0.2, -0.15) is 5.06 Å². The van der Waals surface area contributed by atoms with Crippen LogP contribution in [-0.2, 0) is 20.8 Å². The summed E-state index contributed by atoms with van der Waals surface area (Å²) in [6, 6.07) is 1.78. The Morgan fingerprint density at radius 2 is 1.68 bits per heavy atom. The summed E-state index contributed by atoms with van der Waals surface area (Å²) < 4.78 is 13.8. The molecule has 6 N–H and O–H groups in total. The summed E-state index contributed by atoms with van der Waals surface area (Å²) in [6.45, 7) is -0.243. The lowest BCUT2D eigenvalue weighted by atomic mass is 10.1. The third-order valence-electron chi connectivity index (χ3n) is 5.72. The van der Waals surface area contributed by atoms with Gasteiger partial charge in [-0.3, -0.25) is 19.2 Å². The first-order valence-corrected chi connectivity index (χ1v) is 12.3. The molecule has 0 fully saturated rings. The number of carboxylic acid groups (broad SMARTS) is 3. The minimum absolute atomic E-state index is 0.0857. The van der Waals surface area contributed by atoms with Crippen molar-refractivity contribution in [2.75, 3.05) is 13.2 Å². The summed E-state index contributed by atoms with van der Waals surface area (Å²) in [5.41, 5.74) is 1.68. The van der Waals surface area contributed by atoms with Crippen LogP contribution < -0.4 is 10.6 Å². The number of nitrogens with one attached hydrogen (secondary N) is 2. The minimum Gasteiger partial charge on any atom is -0.481 e. The summed E-state index contributed by atoms with van der Waals surface area (Å²) in [5, 5.41) is 49.5. The quantitative estimate of drug-likeness (QED) is 0.0907. The molecule has 40 heavy (non-hydrogen) atoms. The van der Waals surface area contributed by atoms with Crippen molar-refractivity contribution in [2.24, 2.45) is 0 Å². The Bertz CT molecular complexity index is 1170. The van der Waals surface area contributed by atoms with Crippen LogP contribution in [0.3, 0.4) is 0 Å². The number of nitrogens with zero attached hydrogens (tertiary/aromatic N) is 4. The third kappa shape index (κ3) is 9.94. The zero-order valence-electron chi connectivity index (χ0n) is 21.4. The Labute approximate surface area is 227 Å². The molecule has 2 aromatic rings. The van der Waals surface area contributed by atoms with Crippen LogP contribution in [0.2, 0.25) is 0 Å². The number of hydrogen-bond acceptors (Lipinski definition) is 8. The number of halogens is 1. The first kappa shape index (κ1) is 31.6. The molecule has 0 aliphatic rings. The predicted octanol–water partition coefficient (Wildman–Crippen LogP) is 1.24. The average Bonchev–Trinajstić information content (AvgIpc) is 3.39. The van der Waals surface area contributed by atoms with Gasteiger partial charge in [0.2, 0.25) is 0 Å². The number of urea groups is 1. The number of aryl methyl sites for hydroxylation is 1. The lowest BCUT2D eigenvalue weighted by Crippen LogP contribution is -2.52. The number of rotatable bonds is 17. The molecule has 0 saturated carbocycles. The zero-order valence-corrected chi connectivity index (χ0v) is 21.4. The van der Waals surface area contributed by atoms with E-state index in [-0.39, 0.29) is 30.4 Å². The molecule has 1 aromatic carbocycles. The van der Waals surface area contributed by atoms with Gasteiger partial charge in [0, 0.05) is 18.5 Å². The highest BCUT2D eigenvalue weighted by Gasteiger charge is 2.31. The van der Waals surface area contributed by atoms with E-state index in [2.05, 4.69) is 15.6 Å². The SMILES string of the molecule is O=C(O)CCC(C(=O)O)N(O)C(=O)N[C@@H](CCCCNC(=O)c1ccc(-n2cc(CCCF)nn2)cc1)C(=O)O. The maximum absolute atomic E-state index is 12.4. The van der Waals surface area contributed by atoms with E-state index in [9.17, 15) is 38.7 Å². The Kier molecular flexibility index (Phi) is 12.4. The number of alkyl halides is 1. The van der Waals surface area contributed by atoms with Crippen LogP contribution in [0, 0.1) is 0 Å². The summed E-state index contributed by atoms with van der Waals surface area (Å²) in [4.78, 5) is 58.0. The van der Waals surface area contributed by atoms with E-state index in [4.69, 9.17) is 10.2 Å². The molecule has 0 radical (unpaired) electrons. The van der Waals surface area contributed by atoms with E-state index in [1.807, 2.05) is 5.32 Å². The van der Waals surface area contributed by atoms with E-state index >= 15 is 0 Å². The van der Waals surface area contributed by atoms with Gasteiger partial charge in [-0.05, 0) is 62.8 Å². The molecular weight excluding hydrogens is 535 g/mol. The van der Waals surface area contributed by atoms with Crippen LogP contribution in [0.1, 0.15) is 54.6 Å². The lowest BCUT2D eigenvalue weighted by Gasteiger charge is -2.24. The Balaban J connectivity index is 1.79. The van der Waals surface area contributed by atoms with E-state index in [0.29, 0.717) is 36.2 Å². The van der Waals surface area contributed by atoms with Gasteiger partial charge in [-0.15, -0.1) is 5.10 Å². The molecular formula is C24H31FN6O9. The van der Waals surface area contributed by atoms with Crippen molar-refractivity contribution in [1.29, 1.82) is 0 Å². The van der Waals surface area contributed by atoms with Gasteiger partial charge in [0.05, 0.1) is 24.3 Å². The van der Waals surface area contributed by atoms with Crippen molar-refractivity contribution < 1.29 is 48.9 Å². The number of unbranched alkanes of at least 4 members (excludes halogenated alkanes) is 1. The van der Waals surface area contributed by atoms with Gasteiger partial charge in [0.1, 0.15) is 6.04 Å². The van der Waals surface area contributed by atoms with Crippen LogP contribution in [0.4, 0.5) is 9.18 Å². The Morgan fingerprint density at radius 3 is 2.27 bits per heavy atom. The third-order valence-corrected chi connectivity index (χ3v) is 5.72. The van der Waals surface area contributed by atoms with Gasteiger partial charge in [-0.1, -0.05) is 5.21 Å². The first-order valence-electron chi connectivity index (χ1n) is 12.3. The van der Waals surface area contributed by atoms with E-state index < -0.39 is 55.5 Å². The van der Waals surface area contributed by atoms with Crippen molar-refractivity contribution >= 4 is 29.8 Å². The molecule has 1 heterocycles. The van der Waals surface area contributed by atoms with Crippen molar-refractivity contribution in [3.05, 3.63) is 41.7 Å². The van der Waals surface area contributed by atoms with Crippen LogP contribution >= 0.6 is 0 Å². The molecule has 0 bridgehead atoms. The number of carboxylic acids is 3. The molecule has 15 nitrogen and oxygen atoms in total. The summed E-state index contributed by atoms with van der Waals surface area (Å²) in [6.07, 6.45) is 1.80. The summed E-state index contributed by atoms with van der Waals surface area (Å²) in [5.74, 6) is -4.78. The summed E-state index contributed by atoms with van der Waals surface area (Å²) >= 11 is 0. The van der Waals surface area contributed by atoms with Gasteiger partial charge >= 0.3 is 23.9 Å². The fraction of sp³-hybridized carbons (Fsp3) is 0.458. The van der Waals surface area contributed by atoms with Crippen LogP contribution in [0.15, 0.2) is 30.5 Å². The van der Waals surface area contributed by atoms with Crippen molar-refractivity contribution in [3.8, 4) is 5.69 Å². The maximum atomic E-state index is 12.4. The number of carbonyl (C=O) groups is 5. The van der Waals surface area contributed by atoms with Gasteiger partial charge < -0.3 is 26.0 Å². The number of hydrogen-bond donors (Lipinski definition) is 6. The largest absolute Gasteiger partial charge is 0.481 e. The molecule has 16 heteroatoms. The smallest absolute Gasteiger partial charge is 0.342 e. The fourth-order valence-corrected chi connectivity index (χ4v) is 3.55. The molecule has 3 amide bonds. The molecule has 218 valence electrons. The number of benzene rings is 1. The molecule has 0 spiro atoms. The second-order valence-electron chi connectivity index (χ2n) is 8.72. The van der Waals surface area contributed by atoms with E-state index in [0.717, 1.165) is 0 Å². The first-order chi connectivity index (χ1) is 19.0. The van der Waals surface area contributed by atoms with Crippen molar-refractivity contribution in [1.82, 2.24) is 30.7 Å². The Hall–Kier alpha value is -4.60. The number of aliphatic carboxylic acids is 3. The summed E-state index contributed by atoms with van der Waals surface area (Å²) in [7, 11) is 0. The second kappa shape index (κ2) is 15.7. The van der Waals surface area contributed by atoms with Gasteiger partial charge in [0.15, 0.2) is 6.04 Å². The van der Waals surface area contributed by atoms with Crippen LogP contribution in [0.25, 0.3) is 5.69 Å². The predicted molar refractivity (Wildman–Crippen MR) is 134 cm³/mol. The highest BCUT2D eigenvalue weighted by atomic mass is 19.1. The number of carbonyl (C=O) groups excluding carboxylic acids is 2. The molecule has 1 unspecified atom stereocenters. The highest BCUT2D eigenvalue weighted by molar-refractivity contribution is 5.94. The maximum Gasteiger partial charge on any atom is 0.342 e. The zero-order chi connectivity index (χ0) is 29.7. The van der Waals surface area contributed by atoms with Crippen molar-refractivity contribution in [2.45, 2.75) is 57.0 Å². The molecule has 1 aromatic heterocycles. The fourth-order valence-electron chi connectivity index (χ4n) is 3.55. The van der Waals surface area contributed by atoms with E-state index in [1.54, 1.807) is 30.5 Å². The van der Waals surface area contributed by atoms with Gasteiger partial charge in [0.25, 0.3) is 5.91 Å². The number of hydroxylamine groups is 2. The van der Waals surface area contributed by atoms with Crippen LogP contribution in [0.5, 0.6) is 0 Å². The monoisotopic (exact) mass is 566 g/mol. The molecule has 0 aliphatic heterocycles. The van der Waals surface area contributed by atoms with Crippen molar-refractivity contribution in [3.63, 3.8) is 0 Å².